The summed E-state index contributed by atoms with van der Waals surface area (Å²) in [6.07, 6.45) is 34.4. The van der Waals surface area contributed by atoms with Gasteiger partial charge in [0.05, 0.1) is 14.2 Å². The summed E-state index contributed by atoms with van der Waals surface area (Å²) in [5.41, 5.74) is 11.4. The lowest BCUT2D eigenvalue weighted by Gasteiger charge is -2.10. The Hall–Kier alpha value is -3.14. The topological polar surface area (TPSA) is 52.6 Å². The first kappa shape index (κ1) is 45.9. The van der Waals surface area contributed by atoms with Crippen LogP contribution in [0, 0.1) is 5.92 Å². The largest absolute Gasteiger partial charge is 0.468 e. The Morgan fingerprint density at radius 3 is 0.837 bits per heavy atom. The van der Waals surface area contributed by atoms with Crippen LogP contribution in [0.5, 0.6) is 0 Å². The molecule has 0 rings (SSSR count). The van der Waals surface area contributed by atoms with Crippen LogP contribution in [0.2, 0.25) is 0 Å². The van der Waals surface area contributed by atoms with E-state index < -0.39 is 17.9 Å². The molecule has 0 N–H and O–H groups in total. The van der Waals surface area contributed by atoms with Crippen LogP contribution in [0.4, 0.5) is 0 Å². The Bertz CT molecular complexity index is 1210. The number of hydrogen-bond donors (Lipinski definition) is 0. The zero-order valence-corrected chi connectivity index (χ0v) is 33.4. The van der Waals surface area contributed by atoms with Gasteiger partial charge in [0.2, 0.25) is 0 Å². The number of ether oxygens (including phenoxy) is 2. The van der Waals surface area contributed by atoms with E-state index in [2.05, 4.69) is 97.9 Å². The number of carbonyl (C=O) groups excluding carboxylic acids is 2. The standard InChI is InChI=1S/C45H72O4/c1-35(2)19-12-20-36(3)21-13-22-37(4)23-14-24-38(5)25-15-26-39(6)27-16-28-40(7)29-17-30-41(8)31-18-32-42(9)33-34-43(44(46)48-10)45(47)49-11/h19,21,23,25,27,29,31,33,43H,12-18,20,22,24,26,28,30,32,34H2,1-11H3/b36-21+,37-23+,38-25-,39-27-,40-29-,41-31-,42-33-. The Kier molecular flexibility index (Phi) is 26.8. The fourth-order valence-electron chi connectivity index (χ4n) is 5.47. The molecule has 0 aromatic heterocycles. The second-order valence-electron chi connectivity index (χ2n) is 14.2. The van der Waals surface area contributed by atoms with Crippen molar-refractivity contribution >= 4 is 11.9 Å². The number of methoxy groups -OCH3 is 2. The number of hydrogen-bond acceptors (Lipinski definition) is 4. The summed E-state index contributed by atoms with van der Waals surface area (Å²) in [7, 11) is 2.58. The maximum Gasteiger partial charge on any atom is 0.320 e. The van der Waals surface area contributed by atoms with Gasteiger partial charge in [-0.15, -0.1) is 0 Å². The minimum absolute atomic E-state index is 0.303. The highest BCUT2D eigenvalue weighted by Gasteiger charge is 2.27. The third-order valence-corrected chi connectivity index (χ3v) is 8.95. The van der Waals surface area contributed by atoms with Crippen molar-refractivity contribution in [3.63, 3.8) is 0 Å². The molecule has 0 aromatic carbocycles. The molecule has 0 spiro atoms. The average molecular weight is 677 g/mol. The van der Waals surface area contributed by atoms with Gasteiger partial charge in [-0.25, -0.2) is 0 Å². The number of rotatable bonds is 25. The quantitative estimate of drug-likeness (QED) is 0.0548. The lowest BCUT2D eigenvalue weighted by Crippen LogP contribution is -2.26. The number of allylic oxidation sites excluding steroid dienone is 16. The fourth-order valence-corrected chi connectivity index (χ4v) is 5.47. The van der Waals surface area contributed by atoms with Crippen LogP contribution in [0.1, 0.15) is 159 Å². The van der Waals surface area contributed by atoms with Crippen molar-refractivity contribution in [3.05, 3.63) is 93.2 Å². The molecule has 0 fully saturated rings. The number of carbonyl (C=O) groups is 2. The predicted octanol–water partition coefficient (Wildman–Crippen LogP) is 13.4. The van der Waals surface area contributed by atoms with Crippen LogP contribution in [0.15, 0.2) is 93.2 Å². The maximum absolute atomic E-state index is 11.8. The van der Waals surface area contributed by atoms with Crippen molar-refractivity contribution in [2.45, 2.75) is 159 Å². The van der Waals surface area contributed by atoms with Crippen molar-refractivity contribution in [1.82, 2.24) is 0 Å². The van der Waals surface area contributed by atoms with E-state index in [1.165, 1.54) is 66.1 Å². The first-order valence-corrected chi connectivity index (χ1v) is 18.7. The van der Waals surface area contributed by atoms with Gasteiger partial charge in [-0.1, -0.05) is 93.2 Å². The molecular weight excluding hydrogens is 604 g/mol. The summed E-state index contributed by atoms with van der Waals surface area (Å²) in [5.74, 6) is -2.01. The van der Waals surface area contributed by atoms with Gasteiger partial charge in [0.15, 0.2) is 5.92 Å². The van der Waals surface area contributed by atoms with Crippen LogP contribution in [0.3, 0.4) is 0 Å². The molecule has 0 aliphatic rings. The molecule has 0 aliphatic heterocycles. The van der Waals surface area contributed by atoms with Crippen molar-refractivity contribution in [2.75, 3.05) is 14.2 Å². The van der Waals surface area contributed by atoms with Gasteiger partial charge < -0.3 is 9.47 Å². The molecule has 0 aromatic rings. The minimum Gasteiger partial charge on any atom is -0.468 e. The molecule has 0 saturated heterocycles. The van der Waals surface area contributed by atoms with Gasteiger partial charge in [-0.2, -0.15) is 0 Å². The maximum atomic E-state index is 11.8. The van der Waals surface area contributed by atoms with Gasteiger partial charge in [0, 0.05) is 0 Å². The van der Waals surface area contributed by atoms with Crippen molar-refractivity contribution in [1.29, 1.82) is 0 Å². The van der Waals surface area contributed by atoms with E-state index in [4.69, 9.17) is 9.47 Å². The highest BCUT2D eigenvalue weighted by Crippen LogP contribution is 2.18. The molecule has 0 bridgehead atoms. The highest BCUT2D eigenvalue weighted by atomic mass is 16.5. The molecule has 0 radical (unpaired) electrons. The Morgan fingerprint density at radius 1 is 0.388 bits per heavy atom. The van der Waals surface area contributed by atoms with Gasteiger partial charge in [0.25, 0.3) is 0 Å². The zero-order valence-electron chi connectivity index (χ0n) is 33.4. The predicted molar refractivity (Wildman–Crippen MR) is 213 cm³/mol. The first-order chi connectivity index (χ1) is 23.3. The molecule has 0 heterocycles. The molecule has 0 aliphatic carbocycles. The van der Waals surface area contributed by atoms with E-state index in [1.54, 1.807) is 0 Å². The second-order valence-corrected chi connectivity index (χ2v) is 14.2. The molecule has 0 saturated carbocycles. The van der Waals surface area contributed by atoms with Gasteiger partial charge in [-0.05, 0) is 159 Å². The SMILES string of the molecule is COC(=O)C(C/C=C(/C)CC/C=C(/C)CC/C=C(/C)CC/C=C(/C)CC/C=C(/C)CC/C=C(\C)CC/C=C(\C)CCC=C(C)C)C(=O)OC. The van der Waals surface area contributed by atoms with E-state index in [-0.39, 0.29) is 0 Å². The lowest BCUT2D eigenvalue weighted by molar-refractivity contribution is -0.158. The second kappa shape index (κ2) is 28.7. The summed E-state index contributed by atoms with van der Waals surface area (Å²) in [6, 6.07) is 0. The molecular formula is C45H72O4. The first-order valence-electron chi connectivity index (χ1n) is 18.7. The minimum atomic E-state index is -0.897. The van der Waals surface area contributed by atoms with Crippen LogP contribution < -0.4 is 0 Å². The average Bonchev–Trinajstić information content (AvgIpc) is 3.04. The van der Waals surface area contributed by atoms with Crippen LogP contribution >= 0.6 is 0 Å². The van der Waals surface area contributed by atoms with Gasteiger partial charge in [0.1, 0.15) is 0 Å². The highest BCUT2D eigenvalue weighted by molar-refractivity contribution is 5.94. The van der Waals surface area contributed by atoms with E-state index in [1.807, 2.05) is 13.0 Å². The lowest BCUT2D eigenvalue weighted by atomic mass is 10.0. The summed E-state index contributed by atoms with van der Waals surface area (Å²) >= 11 is 0. The Morgan fingerprint density at radius 2 is 0.612 bits per heavy atom. The third kappa shape index (κ3) is 26.4. The molecule has 0 atom stereocenters. The zero-order chi connectivity index (χ0) is 37.0. The molecule has 0 unspecified atom stereocenters. The van der Waals surface area contributed by atoms with Crippen LogP contribution in [-0.4, -0.2) is 26.2 Å². The Balaban J connectivity index is 4.34. The van der Waals surface area contributed by atoms with E-state index >= 15 is 0 Å². The molecule has 4 nitrogen and oxygen atoms in total. The fraction of sp³-hybridized carbons (Fsp3) is 0.600. The van der Waals surface area contributed by atoms with Gasteiger partial charge >= 0.3 is 11.9 Å². The normalized spacial score (nSPS) is 14.0. The van der Waals surface area contributed by atoms with Crippen LogP contribution in [0.25, 0.3) is 0 Å². The van der Waals surface area contributed by atoms with Crippen LogP contribution in [-0.2, 0) is 19.1 Å². The van der Waals surface area contributed by atoms with Gasteiger partial charge in [-0.3, -0.25) is 9.59 Å². The summed E-state index contributed by atoms with van der Waals surface area (Å²) in [5, 5.41) is 0. The summed E-state index contributed by atoms with van der Waals surface area (Å²) in [4.78, 5) is 23.7. The third-order valence-electron chi connectivity index (χ3n) is 8.95. The monoisotopic (exact) mass is 677 g/mol. The smallest absolute Gasteiger partial charge is 0.320 e. The summed E-state index contributed by atoms with van der Waals surface area (Å²) in [6.45, 7) is 19.9. The summed E-state index contributed by atoms with van der Waals surface area (Å²) < 4.78 is 9.46. The Labute approximate surface area is 302 Å². The molecule has 276 valence electrons. The molecule has 49 heavy (non-hydrogen) atoms. The molecule has 0 amide bonds. The van der Waals surface area contributed by atoms with E-state index in [9.17, 15) is 9.59 Å². The van der Waals surface area contributed by atoms with E-state index in [0.717, 1.165) is 82.6 Å². The van der Waals surface area contributed by atoms with Crippen molar-refractivity contribution in [3.8, 4) is 0 Å². The number of esters is 2. The van der Waals surface area contributed by atoms with Crippen molar-refractivity contribution < 1.29 is 19.1 Å². The van der Waals surface area contributed by atoms with Crippen molar-refractivity contribution in [2.24, 2.45) is 5.92 Å². The van der Waals surface area contributed by atoms with E-state index in [0.29, 0.717) is 6.42 Å². The molecule has 4 heteroatoms.